The van der Waals surface area contributed by atoms with Crippen LogP contribution in [0.5, 0.6) is 0 Å². The van der Waals surface area contributed by atoms with Crippen LogP contribution >= 0.6 is 11.6 Å². The largest absolute Gasteiger partial charge is 0.393 e. The molecule has 12 heavy (non-hydrogen) atoms. The fourth-order valence-corrected chi connectivity index (χ4v) is 1.03. The van der Waals surface area contributed by atoms with E-state index in [1.807, 2.05) is 0 Å². The Labute approximate surface area is 76.4 Å². The maximum Gasteiger partial charge on any atom is 0.110 e. The van der Waals surface area contributed by atoms with E-state index in [1.165, 1.54) is 0 Å². The van der Waals surface area contributed by atoms with Gasteiger partial charge in [-0.25, -0.2) is 0 Å². The molecule has 0 saturated heterocycles. The maximum atomic E-state index is 9.59. The number of hydrogen-bond donors (Lipinski definition) is 2. The van der Waals surface area contributed by atoms with Gasteiger partial charge in [0.1, 0.15) is 5.60 Å². The maximum absolute atomic E-state index is 9.59. The van der Waals surface area contributed by atoms with Crippen molar-refractivity contribution in [3.8, 4) is 0 Å². The van der Waals surface area contributed by atoms with Crippen LogP contribution in [0, 0.1) is 0 Å². The highest BCUT2D eigenvalue weighted by molar-refractivity contribution is 6.30. The summed E-state index contributed by atoms with van der Waals surface area (Å²) < 4.78 is 0. The molecule has 0 amide bonds. The molecule has 2 nitrogen and oxygen atoms in total. The molecule has 0 aliphatic carbocycles. The highest BCUT2D eigenvalue weighted by atomic mass is 35.5. The zero-order chi connectivity index (χ0) is 9.19. The van der Waals surface area contributed by atoms with Gasteiger partial charge in [0.25, 0.3) is 0 Å². The van der Waals surface area contributed by atoms with Crippen LogP contribution in [0.4, 0.5) is 0 Å². The van der Waals surface area contributed by atoms with Gasteiger partial charge < -0.3 is 10.2 Å². The molecule has 0 aliphatic rings. The number of rotatable bonds is 2. The average Bonchev–Trinajstić information content (AvgIpc) is 2.05. The lowest BCUT2D eigenvalue weighted by molar-refractivity contribution is -0.00227. The second-order valence-corrected chi connectivity index (χ2v) is 3.38. The zero-order valence-electron chi connectivity index (χ0n) is 6.79. The van der Waals surface area contributed by atoms with E-state index < -0.39 is 5.60 Å². The molecular weight excluding hydrogens is 176 g/mol. The van der Waals surface area contributed by atoms with Gasteiger partial charge in [0, 0.05) is 5.02 Å². The lowest BCUT2D eigenvalue weighted by Crippen LogP contribution is -2.25. The normalized spacial score (nSPS) is 15.7. The quantitative estimate of drug-likeness (QED) is 0.736. The van der Waals surface area contributed by atoms with Gasteiger partial charge in [-0.05, 0) is 24.6 Å². The van der Waals surface area contributed by atoms with Gasteiger partial charge in [0.15, 0.2) is 0 Å². The molecule has 0 heterocycles. The fraction of sp³-hybridized carbons (Fsp3) is 0.333. The second-order valence-electron chi connectivity index (χ2n) is 2.94. The van der Waals surface area contributed by atoms with Crippen molar-refractivity contribution in [2.75, 3.05) is 6.61 Å². The lowest BCUT2D eigenvalue weighted by Gasteiger charge is -2.20. The Morgan fingerprint density at radius 1 is 1.33 bits per heavy atom. The fourth-order valence-electron chi connectivity index (χ4n) is 0.900. The summed E-state index contributed by atoms with van der Waals surface area (Å²) in [7, 11) is 0. The number of aliphatic hydroxyl groups excluding tert-OH is 1. The summed E-state index contributed by atoms with van der Waals surface area (Å²) in [6, 6.07) is 6.75. The zero-order valence-corrected chi connectivity index (χ0v) is 7.54. The van der Waals surface area contributed by atoms with E-state index in [2.05, 4.69) is 0 Å². The predicted molar refractivity (Wildman–Crippen MR) is 48.1 cm³/mol. The minimum atomic E-state index is -1.18. The summed E-state index contributed by atoms with van der Waals surface area (Å²) >= 11 is 5.66. The van der Waals surface area contributed by atoms with Crippen molar-refractivity contribution in [3.63, 3.8) is 0 Å². The number of hydrogen-bond acceptors (Lipinski definition) is 2. The van der Waals surface area contributed by atoms with Crippen LogP contribution in [-0.4, -0.2) is 16.8 Å². The van der Waals surface area contributed by atoms with Crippen LogP contribution in [0.15, 0.2) is 24.3 Å². The molecule has 0 fully saturated rings. The van der Waals surface area contributed by atoms with Crippen molar-refractivity contribution in [1.29, 1.82) is 0 Å². The summed E-state index contributed by atoms with van der Waals surface area (Å²) in [6.07, 6.45) is 0. The highest BCUT2D eigenvalue weighted by Crippen LogP contribution is 2.21. The van der Waals surface area contributed by atoms with Crippen LogP contribution in [-0.2, 0) is 5.60 Å². The number of aliphatic hydroxyl groups is 2. The van der Waals surface area contributed by atoms with Crippen LogP contribution in [0.3, 0.4) is 0 Å². The summed E-state index contributed by atoms with van der Waals surface area (Å²) in [4.78, 5) is 0. The molecule has 2 N–H and O–H groups in total. The summed E-state index contributed by atoms with van der Waals surface area (Å²) in [6.45, 7) is 1.25. The van der Waals surface area contributed by atoms with E-state index in [4.69, 9.17) is 16.7 Å². The van der Waals surface area contributed by atoms with Crippen LogP contribution < -0.4 is 0 Å². The molecule has 1 atom stereocenters. The Hall–Kier alpha value is -0.570. The first-order chi connectivity index (χ1) is 5.56. The van der Waals surface area contributed by atoms with Gasteiger partial charge >= 0.3 is 0 Å². The molecule has 1 aromatic rings. The minimum absolute atomic E-state index is 0.297. The van der Waals surface area contributed by atoms with Gasteiger partial charge in [-0.15, -0.1) is 0 Å². The van der Waals surface area contributed by atoms with Crippen LogP contribution in [0.2, 0.25) is 5.02 Å². The lowest BCUT2D eigenvalue weighted by atomic mass is 9.97. The molecular formula is C9H11ClO2. The SMILES string of the molecule is C[C@@](O)(CO)c1ccc(Cl)cc1. The monoisotopic (exact) mass is 186 g/mol. The first-order valence-electron chi connectivity index (χ1n) is 3.65. The van der Waals surface area contributed by atoms with Crippen molar-refractivity contribution >= 4 is 11.6 Å². The van der Waals surface area contributed by atoms with Crippen LogP contribution in [0.1, 0.15) is 12.5 Å². The van der Waals surface area contributed by atoms with Gasteiger partial charge in [0.2, 0.25) is 0 Å². The van der Waals surface area contributed by atoms with Gasteiger partial charge in [-0.2, -0.15) is 0 Å². The first kappa shape index (κ1) is 9.52. The minimum Gasteiger partial charge on any atom is -0.393 e. The molecule has 66 valence electrons. The molecule has 3 heteroatoms. The van der Waals surface area contributed by atoms with E-state index >= 15 is 0 Å². The molecule has 0 aliphatic heterocycles. The molecule has 0 unspecified atom stereocenters. The molecule has 0 bridgehead atoms. The Bertz CT molecular complexity index is 254. The smallest absolute Gasteiger partial charge is 0.110 e. The van der Waals surface area contributed by atoms with Gasteiger partial charge in [0.05, 0.1) is 6.61 Å². The Balaban J connectivity index is 2.96. The Morgan fingerprint density at radius 2 is 1.83 bits per heavy atom. The number of benzene rings is 1. The van der Waals surface area contributed by atoms with Crippen molar-refractivity contribution in [3.05, 3.63) is 34.9 Å². The van der Waals surface area contributed by atoms with Crippen molar-refractivity contribution in [2.24, 2.45) is 0 Å². The third-order valence-corrected chi connectivity index (χ3v) is 2.03. The summed E-state index contributed by atoms with van der Waals surface area (Å²) in [5.74, 6) is 0. The van der Waals surface area contributed by atoms with Gasteiger partial charge in [-0.1, -0.05) is 23.7 Å². The number of halogens is 1. The van der Waals surface area contributed by atoms with E-state index in [9.17, 15) is 5.11 Å². The van der Waals surface area contributed by atoms with Crippen LogP contribution in [0.25, 0.3) is 0 Å². The van der Waals surface area contributed by atoms with Crippen molar-refractivity contribution in [2.45, 2.75) is 12.5 Å². The third kappa shape index (κ3) is 1.97. The predicted octanol–water partition coefficient (Wildman–Crippen LogP) is 1.54. The first-order valence-corrected chi connectivity index (χ1v) is 4.03. The van der Waals surface area contributed by atoms with Crippen molar-refractivity contribution < 1.29 is 10.2 Å². The van der Waals surface area contributed by atoms with E-state index in [0.717, 1.165) is 0 Å². The molecule has 1 aromatic carbocycles. The van der Waals surface area contributed by atoms with E-state index in [1.54, 1.807) is 31.2 Å². The van der Waals surface area contributed by atoms with E-state index in [0.29, 0.717) is 10.6 Å². The molecule has 0 aromatic heterocycles. The highest BCUT2D eigenvalue weighted by Gasteiger charge is 2.20. The molecule has 0 saturated carbocycles. The summed E-state index contributed by atoms with van der Waals surface area (Å²) in [5, 5.41) is 19.0. The Morgan fingerprint density at radius 3 is 2.25 bits per heavy atom. The Kier molecular flexibility index (Phi) is 2.73. The molecule has 0 spiro atoms. The standard InChI is InChI=1S/C9H11ClO2/c1-9(12,6-11)7-2-4-8(10)5-3-7/h2-5,11-12H,6H2,1H3/t9-/m1/s1. The summed E-state index contributed by atoms with van der Waals surface area (Å²) in [5.41, 5.74) is -0.515. The van der Waals surface area contributed by atoms with Gasteiger partial charge in [-0.3, -0.25) is 0 Å². The van der Waals surface area contributed by atoms with Crippen molar-refractivity contribution in [1.82, 2.24) is 0 Å². The van der Waals surface area contributed by atoms with E-state index in [-0.39, 0.29) is 6.61 Å². The second kappa shape index (κ2) is 3.44. The third-order valence-electron chi connectivity index (χ3n) is 1.77. The molecule has 1 rings (SSSR count). The topological polar surface area (TPSA) is 40.5 Å². The molecule has 0 radical (unpaired) electrons. The average molecular weight is 187 g/mol.